The lowest BCUT2D eigenvalue weighted by molar-refractivity contribution is -0.394. The quantitative estimate of drug-likeness (QED) is 0.439. The van der Waals surface area contributed by atoms with Gasteiger partial charge in [0, 0.05) is 20.6 Å². The molecule has 0 amide bonds. The fraction of sp³-hybridized carbons (Fsp3) is 0. The van der Waals surface area contributed by atoms with Crippen LogP contribution in [-0.4, -0.2) is 51.1 Å². The van der Waals surface area contributed by atoms with Gasteiger partial charge in [-0.25, -0.2) is 0 Å². The first-order valence-corrected chi connectivity index (χ1v) is 3.37. The third kappa shape index (κ3) is 3.01. The fourth-order valence-corrected chi connectivity index (χ4v) is 0.468. The van der Waals surface area contributed by atoms with E-state index in [9.17, 15) is 20.2 Å². The van der Waals surface area contributed by atoms with Crippen molar-refractivity contribution in [3.05, 3.63) is 20.2 Å². The Hall–Kier alpha value is -3.06. The molecule has 2 N–H and O–H groups in total. The van der Waals surface area contributed by atoms with E-state index in [1.54, 1.807) is 0 Å². The zero-order valence-electron chi connectivity index (χ0n) is 7.21. The molecule has 16 heavy (non-hydrogen) atoms. The van der Waals surface area contributed by atoms with E-state index in [1.807, 2.05) is 10.4 Å². The summed E-state index contributed by atoms with van der Waals surface area (Å²) in [5.41, 5.74) is 0. The molecule has 0 saturated heterocycles. The Morgan fingerprint density at radius 3 is 1.38 bits per heavy atom. The summed E-state index contributed by atoms with van der Waals surface area (Å²) < 4.78 is 0. The summed E-state index contributed by atoms with van der Waals surface area (Å²) in [7, 11) is 0. The van der Waals surface area contributed by atoms with Crippen LogP contribution in [-0.2, 0) is 0 Å². The van der Waals surface area contributed by atoms with Crippen molar-refractivity contribution in [2.45, 2.75) is 0 Å². The van der Waals surface area contributed by atoms with Gasteiger partial charge in [-0.05, 0) is 9.85 Å². The Morgan fingerprint density at radius 2 is 1.25 bits per heavy atom. The van der Waals surface area contributed by atoms with E-state index < -0.39 is 21.7 Å². The van der Waals surface area contributed by atoms with Crippen molar-refractivity contribution in [1.82, 2.24) is 41.2 Å². The lowest BCUT2D eigenvalue weighted by atomic mass is 11.1. The monoisotopic (exact) mass is 230 g/mol. The summed E-state index contributed by atoms with van der Waals surface area (Å²) in [6.07, 6.45) is 0. The van der Waals surface area contributed by atoms with Crippen LogP contribution in [0.25, 0.3) is 0 Å². The Kier molecular flexibility index (Phi) is 3.43. The number of tetrazole rings is 2. The number of hydrogen-bond donors (Lipinski definition) is 2. The summed E-state index contributed by atoms with van der Waals surface area (Å²) in [4.78, 5) is 17.9. The van der Waals surface area contributed by atoms with Gasteiger partial charge in [0.25, 0.3) is 0 Å². The van der Waals surface area contributed by atoms with Gasteiger partial charge in [0.15, 0.2) is 0 Å². The maximum Gasteiger partial charge on any atom is 0.514 e. The van der Waals surface area contributed by atoms with Gasteiger partial charge in [0.1, 0.15) is 0 Å². The minimum atomic E-state index is -0.733. The van der Waals surface area contributed by atoms with Crippen molar-refractivity contribution < 1.29 is 9.85 Å². The van der Waals surface area contributed by atoms with Crippen LogP contribution in [0.5, 0.6) is 0 Å². The van der Waals surface area contributed by atoms with Crippen LogP contribution in [0.1, 0.15) is 0 Å². The van der Waals surface area contributed by atoms with Crippen molar-refractivity contribution >= 4 is 11.9 Å². The zero-order valence-corrected chi connectivity index (χ0v) is 7.21. The number of rotatable bonds is 2. The molecule has 0 aliphatic rings. The molecule has 0 radical (unpaired) electrons. The van der Waals surface area contributed by atoms with Gasteiger partial charge < -0.3 is 20.2 Å². The second-order valence-electron chi connectivity index (χ2n) is 1.94. The maximum atomic E-state index is 9.68. The van der Waals surface area contributed by atoms with Crippen LogP contribution in [0.15, 0.2) is 0 Å². The van der Waals surface area contributed by atoms with E-state index in [0.29, 0.717) is 0 Å². The van der Waals surface area contributed by atoms with Crippen LogP contribution >= 0.6 is 0 Å². The van der Waals surface area contributed by atoms with Gasteiger partial charge in [-0.3, -0.25) is 0 Å². The molecule has 0 aliphatic heterocycles. The highest BCUT2D eigenvalue weighted by Crippen LogP contribution is 1.92. The molecule has 0 fully saturated rings. The predicted molar refractivity (Wildman–Crippen MR) is 41.7 cm³/mol. The molecule has 0 atom stereocenters. The Balaban J connectivity index is 0.000000160. The van der Waals surface area contributed by atoms with Crippen molar-refractivity contribution in [3.8, 4) is 0 Å². The standard InChI is InChI=1S/2CHN5O2/c2*7-6(8)1-2-4-5-3-1/h2*(H,2,3,4,5). The normalized spacial score (nSPS) is 9.00. The average molecular weight is 230 g/mol. The van der Waals surface area contributed by atoms with Crippen molar-refractivity contribution in [2.24, 2.45) is 0 Å². The topological polar surface area (TPSA) is 195 Å². The molecule has 14 heteroatoms. The number of hydrogen-bond acceptors (Lipinski definition) is 10. The van der Waals surface area contributed by atoms with Crippen LogP contribution in [0, 0.1) is 20.2 Å². The summed E-state index contributed by atoms with van der Waals surface area (Å²) in [5, 5.41) is 41.5. The minimum absolute atomic E-state index is 0.509. The highest BCUT2D eigenvalue weighted by atomic mass is 16.6. The van der Waals surface area contributed by atoms with Gasteiger partial charge in [-0.1, -0.05) is 10.4 Å². The number of aromatic nitrogens is 8. The molecule has 2 rings (SSSR count). The number of aromatic amines is 2. The summed E-state index contributed by atoms with van der Waals surface area (Å²) in [6.45, 7) is 0. The van der Waals surface area contributed by atoms with Gasteiger partial charge in [-0.2, -0.15) is 0 Å². The molecule has 2 aromatic rings. The molecule has 0 saturated carbocycles. The van der Waals surface area contributed by atoms with Crippen LogP contribution in [0.4, 0.5) is 11.9 Å². The highest BCUT2D eigenvalue weighted by molar-refractivity contribution is 4.91. The molecule has 84 valence electrons. The molecule has 2 aromatic heterocycles. The fourth-order valence-electron chi connectivity index (χ4n) is 0.468. The van der Waals surface area contributed by atoms with Gasteiger partial charge in [0.05, 0.1) is 10.2 Å². The van der Waals surface area contributed by atoms with Crippen LogP contribution < -0.4 is 0 Å². The van der Waals surface area contributed by atoms with E-state index in [0.717, 1.165) is 0 Å². The first kappa shape index (κ1) is 11.0. The molecular weight excluding hydrogens is 228 g/mol. The van der Waals surface area contributed by atoms with Crippen molar-refractivity contribution in [2.75, 3.05) is 0 Å². The number of nitro groups is 2. The van der Waals surface area contributed by atoms with Crippen LogP contribution in [0.3, 0.4) is 0 Å². The molecule has 0 unspecified atom stereocenters. The predicted octanol–water partition coefficient (Wildman–Crippen LogP) is -1.78. The lowest BCUT2D eigenvalue weighted by Crippen LogP contribution is -1.88. The SMILES string of the molecule is O=[N+]([O-])c1nn[nH]n1.O=[N+]([O-])c1nn[nH]n1. The van der Waals surface area contributed by atoms with E-state index in [2.05, 4.69) is 30.8 Å². The molecule has 0 spiro atoms. The molecule has 0 aliphatic carbocycles. The van der Waals surface area contributed by atoms with E-state index >= 15 is 0 Å². The average Bonchev–Trinajstić information content (AvgIpc) is 2.93. The minimum Gasteiger partial charge on any atom is -0.390 e. The van der Waals surface area contributed by atoms with E-state index in [-0.39, 0.29) is 0 Å². The van der Waals surface area contributed by atoms with E-state index in [4.69, 9.17) is 0 Å². The van der Waals surface area contributed by atoms with E-state index in [1.165, 1.54) is 0 Å². The third-order valence-electron chi connectivity index (χ3n) is 0.995. The Bertz CT molecular complexity index is 401. The number of nitrogens with one attached hydrogen (secondary N) is 2. The number of H-pyrrole nitrogens is 2. The Labute approximate surface area is 84.3 Å². The van der Waals surface area contributed by atoms with Crippen LogP contribution in [0.2, 0.25) is 0 Å². The molecule has 0 aromatic carbocycles. The summed E-state index contributed by atoms with van der Waals surface area (Å²) >= 11 is 0. The lowest BCUT2D eigenvalue weighted by Gasteiger charge is -1.79. The van der Waals surface area contributed by atoms with Gasteiger partial charge >= 0.3 is 11.9 Å². The van der Waals surface area contributed by atoms with Crippen molar-refractivity contribution in [1.29, 1.82) is 0 Å². The van der Waals surface area contributed by atoms with Gasteiger partial charge in [-0.15, -0.1) is 0 Å². The van der Waals surface area contributed by atoms with Crippen molar-refractivity contribution in [3.63, 3.8) is 0 Å². The maximum absolute atomic E-state index is 9.68. The molecule has 14 nitrogen and oxygen atoms in total. The zero-order chi connectivity index (χ0) is 12.0. The smallest absolute Gasteiger partial charge is 0.390 e. The molecular formula is C2H2N10O4. The first-order valence-electron chi connectivity index (χ1n) is 3.37. The highest BCUT2D eigenvalue weighted by Gasteiger charge is 2.08. The molecule has 2 heterocycles. The second kappa shape index (κ2) is 4.98. The molecule has 0 bridgehead atoms. The summed E-state index contributed by atoms with van der Waals surface area (Å²) in [6, 6.07) is 0. The number of nitrogens with zero attached hydrogens (tertiary/aromatic N) is 8. The largest absolute Gasteiger partial charge is 0.514 e. The third-order valence-corrected chi connectivity index (χ3v) is 0.995. The van der Waals surface area contributed by atoms with Gasteiger partial charge in [0.2, 0.25) is 0 Å². The summed E-state index contributed by atoms with van der Waals surface area (Å²) in [5.74, 6) is -1.02. The first-order chi connectivity index (χ1) is 7.61. The second-order valence-corrected chi connectivity index (χ2v) is 1.94. The Morgan fingerprint density at radius 1 is 0.875 bits per heavy atom.